The zero-order valence-corrected chi connectivity index (χ0v) is 22.5. The topological polar surface area (TPSA) is 217 Å². The second-order valence-corrected chi connectivity index (χ2v) is 11.3. The Labute approximate surface area is 229 Å². The first-order valence-electron chi connectivity index (χ1n) is 11.4. The maximum Gasteiger partial charge on any atom is 0.313 e. The van der Waals surface area contributed by atoms with Gasteiger partial charge in [0.15, 0.2) is 10.8 Å². The summed E-state index contributed by atoms with van der Waals surface area (Å²) < 4.78 is 1.52. The molecule has 0 spiro atoms. The molecule has 2 unspecified atom stereocenters. The smallest absolute Gasteiger partial charge is 0.313 e. The Balaban J connectivity index is 1.42. The molecule has 2 amide bonds. The van der Waals surface area contributed by atoms with Crippen LogP contribution < -0.4 is 16.8 Å². The first kappa shape index (κ1) is 27.8. The zero-order valence-electron chi connectivity index (χ0n) is 20.1. The Kier molecular flexibility index (Phi) is 8.85. The highest BCUT2D eigenvalue weighted by Crippen LogP contribution is 2.44. The van der Waals surface area contributed by atoms with Crippen molar-refractivity contribution in [2.45, 2.75) is 29.5 Å². The third kappa shape index (κ3) is 5.77. The quantitative estimate of drug-likeness (QED) is 0.0570. The van der Waals surface area contributed by atoms with Gasteiger partial charge in [-0.3, -0.25) is 14.4 Å². The number of nitrogens with one attached hydrogen (secondary N) is 1. The largest absolute Gasteiger partial charge is 0.481 e. The van der Waals surface area contributed by atoms with Crippen LogP contribution >= 0.6 is 34.9 Å². The Morgan fingerprint density at radius 2 is 2.29 bits per heavy atom. The highest BCUT2D eigenvalue weighted by atomic mass is 32.2. The van der Waals surface area contributed by atoms with Gasteiger partial charge in [-0.05, 0) is 23.4 Å². The van der Waals surface area contributed by atoms with E-state index in [-0.39, 0.29) is 47.1 Å². The first-order chi connectivity index (χ1) is 18.3. The van der Waals surface area contributed by atoms with E-state index in [1.807, 2.05) is 0 Å². The van der Waals surface area contributed by atoms with Crippen molar-refractivity contribution in [3.63, 3.8) is 0 Å². The number of thioether (sulfide) groups is 2. The average molecular weight is 583 g/mol. The minimum Gasteiger partial charge on any atom is -0.481 e. The highest BCUT2D eigenvalue weighted by Gasteiger charge is 2.57. The monoisotopic (exact) mass is 582 g/mol. The van der Waals surface area contributed by atoms with Crippen LogP contribution in [0.5, 0.6) is 0 Å². The summed E-state index contributed by atoms with van der Waals surface area (Å²) in [6.07, 6.45) is 2.17. The Morgan fingerprint density at radius 1 is 1.47 bits per heavy atom. The molecular formula is C20H26N10O5S3. The fraction of sp³-hybridized carbons (Fsp3) is 0.500. The van der Waals surface area contributed by atoms with Gasteiger partial charge in [-0.1, -0.05) is 23.0 Å². The number of β-lactam (4-membered cyclic amide) rings is 1. The predicted molar refractivity (Wildman–Crippen MR) is 141 cm³/mol. The normalized spacial score (nSPS) is 22.9. The van der Waals surface area contributed by atoms with Crippen molar-refractivity contribution in [2.75, 3.05) is 36.9 Å². The van der Waals surface area contributed by atoms with Crippen molar-refractivity contribution in [3.05, 3.63) is 23.7 Å². The van der Waals surface area contributed by atoms with Gasteiger partial charge in [0, 0.05) is 23.4 Å². The van der Waals surface area contributed by atoms with E-state index in [1.54, 1.807) is 11.5 Å². The number of rotatable bonds is 13. The zero-order chi connectivity index (χ0) is 27.3. The Morgan fingerprint density at radius 3 is 2.97 bits per heavy atom. The van der Waals surface area contributed by atoms with Crippen molar-refractivity contribution in [1.29, 1.82) is 0 Å². The van der Waals surface area contributed by atoms with Gasteiger partial charge in [0.2, 0.25) is 11.1 Å². The molecule has 2 aromatic rings. The fourth-order valence-electron chi connectivity index (χ4n) is 3.71. The van der Waals surface area contributed by atoms with Crippen LogP contribution in [0.25, 0.3) is 0 Å². The van der Waals surface area contributed by atoms with Crippen LogP contribution in [-0.4, -0.2) is 101 Å². The molecule has 38 heavy (non-hydrogen) atoms. The number of carboxylic acid groups (broad SMARTS) is 1. The summed E-state index contributed by atoms with van der Waals surface area (Å²) in [4.78, 5) is 49.2. The SMILES string of the molecule is C=CCn1nnnc1SCC1(C(=O)O)CS[C@@H]2C(NC(=O)C(=NOCCCN)c3csc(N)n3)C(=O)N2C1. The van der Waals surface area contributed by atoms with Crippen LogP contribution in [0.2, 0.25) is 0 Å². The lowest BCUT2D eigenvalue weighted by molar-refractivity contribution is -0.157. The number of amides is 2. The lowest BCUT2D eigenvalue weighted by Crippen LogP contribution is -2.74. The molecule has 0 bridgehead atoms. The van der Waals surface area contributed by atoms with Crippen LogP contribution in [0.4, 0.5) is 5.13 Å². The lowest BCUT2D eigenvalue weighted by Gasteiger charge is -2.53. The van der Waals surface area contributed by atoms with E-state index in [9.17, 15) is 19.5 Å². The first-order valence-corrected chi connectivity index (χ1v) is 14.3. The molecule has 2 aliphatic heterocycles. The van der Waals surface area contributed by atoms with E-state index in [1.165, 1.54) is 33.1 Å². The minimum atomic E-state index is -1.22. The third-order valence-electron chi connectivity index (χ3n) is 5.74. The number of nitrogens with two attached hydrogens (primary N) is 2. The van der Waals surface area contributed by atoms with Crippen LogP contribution in [0.15, 0.2) is 28.3 Å². The van der Waals surface area contributed by atoms with E-state index < -0.39 is 28.7 Å². The van der Waals surface area contributed by atoms with Crippen molar-refractivity contribution in [3.8, 4) is 0 Å². The number of fused-ring (bicyclic) bond motifs is 1. The number of hydrogen-bond acceptors (Lipinski definition) is 14. The van der Waals surface area contributed by atoms with Crippen LogP contribution in [0.3, 0.4) is 0 Å². The van der Waals surface area contributed by atoms with Gasteiger partial charge < -0.3 is 31.6 Å². The van der Waals surface area contributed by atoms with Crippen molar-refractivity contribution >= 4 is 63.5 Å². The van der Waals surface area contributed by atoms with Gasteiger partial charge in [-0.25, -0.2) is 9.67 Å². The molecule has 15 nitrogen and oxygen atoms in total. The van der Waals surface area contributed by atoms with Crippen LogP contribution in [-0.2, 0) is 25.8 Å². The van der Waals surface area contributed by atoms with Gasteiger partial charge >= 0.3 is 5.97 Å². The molecule has 2 saturated heterocycles. The number of carboxylic acids is 1. The molecule has 4 heterocycles. The summed E-state index contributed by atoms with van der Waals surface area (Å²) in [7, 11) is 0. The van der Waals surface area contributed by atoms with E-state index in [4.69, 9.17) is 16.3 Å². The number of carbonyl (C=O) groups excluding carboxylic acids is 2. The van der Waals surface area contributed by atoms with Crippen molar-refractivity contribution in [2.24, 2.45) is 16.3 Å². The van der Waals surface area contributed by atoms with E-state index in [0.29, 0.717) is 24.7 Å². The van der Waals surface area contributed by atoms with Crippen molar-refractivity contribution < 1.29 is 24.3 Å². The molecule has 2 fully saturated rings. The number of nitrogens with zero attached hydrogens (tertiary/aromatic N) is 7. The number of aliphatic carboxylic acids is 1. The molecule has 0 radical (unpaired) electrons. The van der Waals surface area contributed by atoms with Gasteiger partial charge in [0.05, 0.1) is 6.54 Å². The third-order valence-corrected chi connectivity index (χ3v) is 9.25. The number of aromatic nitrogens is 5. The van der Waals surface area contributed by atoms with Crippen molar-refractivity contribution in [1.82, 2.24) is 35.4 Å². The molecule has 4 rings (SSSR count). The molecular weight excluding hydrogens is 556 g/mol. The number of thiazole rings is 1. The standard InChI is InChI=1S/C20H26N10O5S3/c1-2-5-30-19(25-27-28-30)38-10-20(17(33)34)8-29-15(32)13(16(29)37-9-20)24-14(31)12(26-35-6-3-4-21)11-7-36-18(22)23-11/h2,7,13,16H,1,3-6,8-10,21H2,(H2,22,23)(H,24,31)(H,33,34)/t13?,16-,20?/m1/s1. The number of allylic oxidation sites excluding steroid dienone is 1. The second-order valence-electron chi connectivity index (χ2n) is 8.41. The molecule has 2 aromatic heterocycles. The van der Waals surface area contributed by atoms with E-state index >= 15 is 0 Å². The molecule has 3 atom stereocenters. The minimum absolute atomic E-state index is 0.00695. The molecule has 0 aliphatic carbocycles. The average Bonchev–Trinajstić information content (AvgIpc) is 3.54. The number of anilines is 1. The number of nitrogen functional groups attached to an aromatic ring is 1. The number of oxime groups is 1. The number of tetrazole rings is 1. The molecule has 2 aliphatic rings. The molecule has 0 aromatic carbocycles. The van der Waals surface area contributed by atoms with Crippen LogP contribution in [0.1, 0.15) is 12.1 Å². The van der Waals surface area contributed by atoms with E-state index in [2.05, 4.69) is 37.6 Å². The molecule has 204 valence electrons. The lowest BCUT2D eigenvalue weighted by atomic mass is 9.89. The summed E-state index contributed by atoms with van der Waals surface area (Å²) in [6, 6.07) is -0.850. The van der Waals surface area contributed by atoms with Gasteiger partial charge in [0.1, 0.15) is 29.1 Å². The maximum absolute atomic E-state index is 13.1. The van der Waals surface area contributed by atoms with Gasteiger partial charge in [0.25, 0.3) is 5.91 Å². The van der Waals surface area contributed by atoms with Crippen LogP contribution in [0, 0.1) is 5.41 Å². The predicted octanol–water partition coefficient (Wildman–Crippen LogP) is -0.769. The molecule has 18 heteroatoms. The Hall–Kier alpha value is -3.22. The van der Waals surface area contributed by atoms with Gasteiger partial charge in [-0.2, -0.15) is 0 Å². The summed E-state index contributed by atoms with van der Waals surface area (Å²) in [5, 5.41) is 29.9. The summed E-state index contributed by atoms with van der Waals surface area (Å²) in [6.45, 7) is 4.64. The fourth-order valence-corrected chi connectivity index (χ4v) is 7.01. The Bertz CT molecular complexity index is 1240. The number of carbonyl (C=O) groups is 3. The van der Waals surface area contributed by atoms with Gasteiger partial charge in [-0.15, -0.1) is 34.8 Å². The maximum atomic E-state index is 13.1. The number of hydrogen-bond donors (Lipinski definition) is 4. The summed E-state index contributed by atoms with van der Waals surface area (Å²) in [5.74, 6) is -1.68. The summed E-state index contributed by atoms with van der Waals surface area (Å²) in [5.41, 5.74) is 10.0. The van der Waals surface area contributed by atoms with E-state index in [0.717, 1.165) is 11.3 Å². The molecule has 0 saturated carbocycles. The molecule has 6 N–H and O–H groups in total. The second kappa shape index (κ2) is 12.1. The highest BCUT2D eigenvalue weighted by molar-refractivity contribution is 8.00. The summed E-state index contributed by atoms with van der Waals surface area (Å²) >= 11 is 3.63.